The molecule has 1 aromatic carbocycles. The lowest BCUT2D eigenvalue weighted by molar-refractivity contribution is -0.147. The predicted octanol–water partition coefficient (Wildman–Crippen LogP) is 2.79. The molecule has 6 nitrogen and oxygen atoms in total. The largest absolute Gasteiger partial charge is 0.451 e. The van der Waals surface area contributed by atoms with Crippen LogP contribution in [0, 0.1) is 6.92 Å². The number of amides is 1. The molecule has 2 heterocycles. The summed E-state index contributed by atoms with van der Waals surface area (Å²) in [6.45, 7) is 2.66. The second kappa shape index (κ2) is 7.65. The molecule has 0 N–H and O–H groups in total. The first-order valence-electron chi connectivity index (χ1n) is 8.94. The fourth-order valence-electron chi connectivity index (χ4n) is 3.31. The topological polar surface area (TPSA) is 60.1 Å². The molecule has 0 saturated carbocycles. The van der Waals surface area contributed by atoms with Gasteiger partial charge in [-0.05, 0) is 37.0 Å². The van der Waals surface area contributed by atoms with Crippen LogP contribution in [0.1, 0.15) is 35.8 Å². The van der Waals surface area contributed by atoms with E-state index in [0.717, 1.165) is 22.9 Å². The SMILES string of the molecule is Cc1ccccc1/C=C/C(=O)N1CCC(n2nc(C(F)(F)F)n(C)c2=O)CC1. The van der Waals surface area contributed by atoms with Gasteiger partial charge in [0.25, 0.3) is 0 Å². The van der Waals surface area contributed by atoms with E-state index in [9.17, 15) is 22.8 Å². The average Bonchev–Trinajstić information content (AvgIpc) is 2.96. The molecule has 1 amide bonds. The molecule has 150 valence electrons. The molecule has 9 heteroatoms. The molecule has 0 bridgehead atoms. The van der Waals surface area contributed by atoms with Gasteiger partial charge in [0, 0.05) is 26.2 Å². The molecule has 28 heavy (non-hydrogen) atoms. The van der Waals surface area contributed by atoms with Gasteiger partial charge in [-0.3, -0.25) is 9.36 Å². The van der Waals surface area contributed by atoms with Gasteiger partial charge in [0.05, 0.1) is 6.04 Å². The summed E-state index contributed by atoms with van der Waals surface area (Å²) < 4.78 is 40.2. The molecule has 0 radical (unpaired) electrons. The number of hydrogen-bond donors (Lipinski definition) is 0. The minimum Gasteiger partial charge on any atom is -0.339 e. The molecule has 0 spiro atoms. The summed E-state index contributed by atoms with van der Waals surface area (Å²) in [5.41, 5.74) is 1.21. The Morgan fingerprint density at radius 2 is 1.86 bits per heavy atom. The minimum absolute atomic E-state index is 0.161. The van der Waals surface area contributed by atoms with E-state index in [4.69, 9.17) is 0 Å². The molecule has 1 fully saturated rings. The Morgan fingerprint density at radius 1 is 1.21 bits per heavy atom. The van der Waals surface area contributed by atoms with Gasteiger partial charge in [-0.15, -0.1) is 5.10 Å². The molecule has 3 rings (SSSR count). The summed E-state index contributed by atoms with van der Waals surface area (Å²) in [5.74, 6) is -1.37. The van der Waals surface area contributed by atoms with Crippen molar-refractivity contribution in [1.29, 1.82) is 0 Å². The van der Waals surface area contributed by atoms with Crippen molar-refractivity contribution in [2.24, 2.45) is 7.05 Å². The van der Waals surface area contributed by atoms with Crippen molar-refractivity contribution in [3.63, 3.8) is 0 Å². The van der Waals surface area contributed by atoms with E-state index < -0.39 is 23.7 Å². The first-order chi connectivity index (χ1) is 13.2. The molecule has 0 aliphatic carbocycles. The summed E-state index contributed by atoms with van der Waals surface area (Å²) in [7, 11) is 1.06. The molecule has 0 atom stereocenters. The number of aryl methyl sites for hydroxylation is 1. The minimum atomic E-state index is -4.68. The summed E-state index contributed by atoms with van der Waals surface area (Å²) in [6, 6.07) is 7.22. The van der Waals surface area contributed by atoms with Crippen molar-refractivity contribution >= 4 is 12.0 Å². The molecule has 1 aliphatic rings. The van der Waals surface area contributed by atoms with Gasteiger partial charge >= 0.3 is 11.9 Å². The normalized spacial score (nSPS) is 16.1. The second-order valence-electron chi connectivity index (χ2n) is 6.85. The number of alkyl halides is 3. The third-order valence-electron chi connectivity index (χ3n) is 4.97. The van der Waals surface area contributed by atoms with Crippen LogP contribution in [0.5, 0.6) is 0 Å². The highest BCUT2D eigenvalue weighted by Crippen LogP contribution is 2.28. The number of nitrogens with zero attached hydrogens (tertiary/aromatic N) is 4. The number of halogens is 3. The van der Waals surface area contributed by atoms with Crippen molar-refractivity contribution in [2.75, 3.05) is 13.1 Å². The molecule has 1 aromatic heterocycles. The van der Waals surface area contributed by atoms with Crippen LogP contribution in [0.2, 0.25) is 0 Å². The van der Waals surface area contributed by atoms with E-state index >= 15 is 0 Å². The lowest BCUT2D eigenvalue weighted by Gasteiger charge is -2.30. The Bertz CT molecular complexity index is 951. The van der Waals surface area contributed by atoms with Crippen molar-refractivity contribution in [3.8, 4) is 0 Å². The number of benzene rings is 1. The number of rotatable bonds is 3. The van der Waals surface area contributed by atoms with Crippen LogP contribution in [-0.4, -0.2) is 38.2 Å². The van der Waals surface area contributed by atoms with E-state index in [1.54, 1.807) is 11.0 Å². The van der Waals surface area contributed by atoms with Crippen molar-refractivity contribution in [1.82, 2.24) is 19.2 Å². The highest BCUT2D eigenvalue weighted by molar-refractivity contribution is 5.92. The van der Waals surface area contributed by atoms with Gasteiger partial charge in [0.15, 0.2) is 0 Å². The number of piperidine rings is 1. The van der Waals surface area contributed by atoms with Crippen LogP contribution in [-0.2, 0) is 18.0 Å². The Labute approximate surface area is 159 Å². The maximum atomic E-state index is 12.9. The van der Waals surface area contributed by atoms with Crippen LogP contribution in [0.25, 0.3) is 6.08 Å². The summed E-state index contributed by atoms with van der Waals surface area (Å²) in [5, 5.41) is 3.48. The fraction of sp³-hybridized carbons (Fsp3) is 0.421. The summed E-state index contributed by atoms with van der Waals surface area (Å²) in [6.07, 6.45) is -0.688. The van der Waals surface area contributed by atoms with Crippen LogP contribution in [0.4, 0.5) is 13.2 Å². The van der Waals surface area contributed by atoms with Crippen molar-refractivity contribution in [2.45, 2.75) is 32.0 Å². The Balaban J connectivity index is 1.66. The molecule has 1 saturated heterocycles. The van der Waals surface area contributed by atoms with E-state index in [1.807, 2.05) is 31.2 Å². The Hall–Kier alpha value is -2.84. The number of likely N-dealkylation sites (tertiary alicyclic amines) is 1. The molecular formula is C19H21F3N4O2. The third-order valence-corrected chi connectivity index (χ3v) is 4.97. The van der Waals surface area contributed by atoms with E-state index in [1.165, 1.54) is 6.08 Å². The zero-order chi connectivity index (χ0) is 20.5. The number of hydrogen-bond acceptors (Lipinski definition) is 3. The lowest BCUT2D eigenvalue weighted by atomic mass is 10.0. The molecule has 1 aliphatic heterocycles. The summed E-state index contributed by atoms with van der Waals surface area (Å²) in [4.78, 5) is 26.1. The Morgan fingerprint density at radius 3 is 2.43 bits per heavy atom. The summed E-state index contributed by atoms with van der Waals surface area (Å²) >= 11 is 0. The van der Waals surface area contributed by atoms with Crippen LogP contribution in [0.3, 0.4) is 0 Å². The number of carbonyl (C=O) groups is 1. The zero-order valence-electron chi connectivity index (χ0n) is 15.6. The maximum Gasteiger partial charge on any atom is 0.451 e. The standard InChI is InChI=1S/C19H21F3N4O2/c1-13-5-3-4-6-14(13)7-8-16(27)25-11-9-15(10-12-25)26-18(28)24(2)17(23-26)19(20,21)22/h3-8,15H,9-12H2,1-2H3/b8-7+. The van der Waals surface area contributed by atoms with E-state index in [-0.39, 0.29) is 5.91 Å². The van der Waals surface area contributed by atoms with Gasteiger partial charge in [0.2, 0.25) is 11.7 Å². The van der Waals surface area contributed by atoms with Crippen molar-refractivity contribution in [3.05, 3.63) is 57.8 Å². The molecule has 0 unspecified atom stereocenters. The molecule has 2 aromatic rings. The third kappa shape index (κ3) is 4.02. The van der Waals surface area contributed by atoms with E-state index in [0.29, 0.717) is 30.5 Å². The zero-order valence-corrected chi connectivity index (χ0v) is 15.6. The Kier molecular flexibility index (Phi) is 5.44. The quantitative estimate of drug-likeness (QED) is 0.753. The fourth-order valence-corrected chi connectivity index (χ4v) is 3.31. The predicted molar refractivity (Wildman–Crippen MR) is 97.5 cm³/mol. The highest BCUT2D eigenvalue weighted by Gasteiger charge is 2.39. The van der Waals surface area contributed by atoms with Gasteiger partial charge < -0.3 is 4.90 Å². The lowest BCUT2D eigenvalue weighted by Crippen LogP contribution is -2.40. The van der Waals surface area contributed by atoms with Crippen LogP contribution in [0.15, 0.2) is 35.1 Å². The first kappa shape index (κ1) is 19.9. The van der Waals surface area contributed by atoms with Gasteiger partial charge in [0.1, 0.15) is 0 Å². The van der Waals surface area contributed by atoms with Crippen LogP contribution >= 0.6 is 0 Å². The molecular weight excluding hydrogens is 373 g/mol. The van der Waals surface area contributed by atoms with Gasteiger partial charge in [-0.25, -0.2) is 9.48 Å². The van der Waals surface area contributed by atoms with Crippen LogP contribution < -0.4 is 5.69 Å². The first-order valence-corrected chi connectivity index (χ1v) is 8.94. The highest BCUT2D eigenvalue weighted by atomic mass is 19.4. The van der Waals surface area contributed by atoms with Crippen molar-refractivity contribution < 1.29 is 18.0 Å². The monoisotopic (exact) mass is 394 g/mol. The van der Waals surface area contributed by atoms with E-state index in [2.05, 4.69) is 5.10 Å². The smallest absolute Gasteiger partial charge is 0.339 e. The number of carbonyl (C=O) groups excluding carboxylic acids is 1. The maximum absolute atomic E-state index is 12.9. The van der Waals surface area contributed by atoms with Gasteiger partial charge in [-0.2, -0.15) is 13.2 Å². The van der Waals surface area contributed by atoms with Gasteiger partial charge in [-0.1, -0.05) is 24.3 Å². The average molecular weight is 394 g/mol. The second-order valence-corrected chi connectivity index (χ2v) is 6.85. The number of aromatic nitrogens is 3.